The van der Waals surface area contributed by atoms with Gasteiger partial charge in [-0.1, -0.05) is 23.7 Å². The fraction of sp³-hybridized carbons (Fsp3) is 0.400. The molecule has 0 aromatic heterocycles. The van der Waals surface area contributed by atoms with E-state index in [0.29, 0.717) is 12.0 Å². The molecule has 1 aliphatic rings. The summed E-state index contributed by atoms with van der Waals surface area (Å²) in [7, 11) is 0. The maximum absolute atomic E-state index is 6.07. The van der Waals surface area contributed by atoms with Crippen LogP contribution in [0.3, 0.4) is 0 Å². The maximum atomic E-state index is 6.07. The molecule has 0 heterocycles. The maximum Gasteiger partial charge on any atom is 0.0444 e. The van der Waals surface area contributed by atoms with E-state index in [4.69, 9.17) is 17.3 Å². The lowest BCUT2D eigenvalue weighted by Gasteiger charge is -2.05. The van der Waals surface area contributed by atoms with Crippen molar-refractivity contribution in [1.29, 1.82) is 0 Å². The molecule has 0 unspecified atom stereocenters. The van der Waals surface area contributed by atoms with Crippen molar-refractivity contribution >= 4 is 11.6 Å². The number of halogens is 1. The van der Waals surface area contributed by atoms with Gasteiger partial charge < -0.3 is 5.73 Å². The Bertz CT molecular complexity index is 288. The van der Waals surface area contributed by atoms with Crippen LogP contribution in [0.5, 0.6) is 0 Å². The van der Waals surface area contributed by atoms with Gasteiger partial charge in [0.25, 0.3) is 0 Å². The molecule has 0 bridgehead atoms. The van der Waals surface area contributed by atoms with Gasteiger partial charge in [-0.25, -0.2) is 0 Å². The van der Waals surface area contributed by atoms with Crippen LogP contribution in [0.4, 0.5) is 0 Å². The quantitative estimate of drug-likeness (QED) is 0.708. The summed E-state index contributed by atoms with van der Waals surface area (Å²) in [5.41, 5.74) is 8.30. The molecule has 2 N–H and O–H groups in total. The van der Waals surface area contributed by atoms with E-state index in [1.165, 1.54) is 11.1 Å². The van der Waals surface area contributed by atoms with Gasteiger partial charge in [0, 0.05) is 17.0 Å². The molecule has 2 rings (SSSR count). The van der Waals surface area contributed by atoms with Gasteiger partial charge in [0.1, 0.15) is 0 Å². The van der Waals surface area contributed by atoms with E-state index in [2.05, 4.69) is 13.0 Å². The molecule has 1 aliphatic carbocycles. The summed E-state index contributed by atoms with van der Waals surface area (Å²) in [6.07, 6.45) is 1.09. The zero-order valence-electron chi connectivity index (χ0n) is 7.05. The molecule has 1 aromatic carbocycles. The average Bonchev–Trinajstić information content (AvgIpc) is 2.67. The minimum absolute atomic E-state index is 0.337. The van der Waals surface area contributed by atoms with E-state index in [1.54, 1.807) is 0 Å². The number of aryl methyl sites for hydroxylation is 1. The molecule has 0 spiro atoms. The molecule has 12 heavy (non-hydrogen) atoms. The first-order valence-electron chi connectivity index (χ1n) is 4.20. The second-order valence-corrected chi connectivity index (χ2v) is 3.88. The molecular formula is C10H12ClN. The zero-order chi connectivity index (χ0) is 8.72. The van der Waals surface area contributed by atoms with E-state index in [-0.39, 0.29) is 0 Å². The van der Waals surface area contributed by atoms with Crippen LogP contribution in [0, 0.1) is 6.92 Å². The van der Waals surface area contributed by atoms with Gasteiger partial charge in [-0.3, -0.25) is 0 Å². The summed E-state index contributed by atoms with van der Waals surface area (Å²) in [5, 5.41) is 0.868. The van der Waals surface area contributed by atoms with Gasteiger partial charge in [0.2, 0.25) is 0 Å². The minimum Gasteiger partial charge on any atom is -0.327 e. The molecule has 0 amide bonds. The predicted octanol–water partition coefficient (Wildman–Crippen LogP) is 2.46. The third kappa shape index (κ3) is 1.23. The molecule has 0 saturated heterocycles. The van der Waals surface area contributed by atoms with Gasteiger partial charge in [-0.15, -0.1) is 0 Å². The summed E-state index contributed by atoms with van der Waals surface area (Å²) in [6, 6.07) is 6.35. The van der Waals surface area contributed by atoms with Crippen molar-refractivity contribution in [1.82, 2.24) is 0 Å². The highest BCUT2D eigenvalue weighted by Crippen LogP contribution is 2.43. The van der Waals surface area contributed by atoms with E-state index in [9.17, 15) is 0 Å². The number of hydrogen-bond donors (Lipinski definition) is 1. The molecule has 0 aliphatic heterocycles. The van der Waals surface area contributed by atoms with E-state index >= 15 is 0 Å². The van der Waals surface area contributed by atoms with Crippen LogP contribution in [-0.4, -0.2) is 6.04 Å². The number of rotatable bonds is 1. The number of benzene rings is 1. The van der Waals surface area contributed by atoms with Crippen molar-refractivity contribution in [3.05, 3.63) is 34.3 Å². The highest BCUT2D eigenvalue weighted by Gasteiger charge is 2.36. The smallest absolute Gasteiger partial charge is 0.0444 e. The molecule has 0 radical (unpaired) electrons. The zero-order valence-corrected chi connectivity index (χ0v) is 7.81. The molecular weight excluding hydrogens is 170 g/mol. The summed E-state index contributed by atoms with van der Waals surface area (Å²) in [5.74, 6) is 0.513. The summed E-state index contributed by atoms with van der Waals surface area (Å²) in [4.78, 5) is 0. The fourth-order valence-corrected chi connectivity index (χ4v) is 2.02. The first kappa shape index (κ1) is 8.09. The van der Waals surface area contributed by atoms with E-state index in [0.717, 1.165) is 11.4 Å². The summed E-state index contributed by atoms with van der Waals surface area (Å²) < 4.78 is 0. The van der Waals surface area contributed by atoms with Crippen molar-refractivity contribution in [2.24, 2.45) is 5.73 Å². The lowest BCUT2D eigenvalue weighted by Crippen LogP contribution is -2.02. The SMILES string of the molecule is Cc1cccc(Cl)c1[C@@H]1C[C@H]1N. The number of hydrogen-bond acceptors (Lipinski definition) is 1. The Labute approximate surface area is 77.5 Å². The van der Waals surface area contributed by atoms with Crippen LogP contribution in [0.2, 0.25) is 5.02 Å². The van der Waals surface area contributed by atoms with Gasteiger partial charge in [-0.2, -0.15) is 0 Å². The van der Waals surface area contributed by atoms with Crippen molar-refractivity contribution < 1.29 is 0 Å². The van der Waals surface area contributed by atoms with Crippen LogP contribution in [-0.2, 0) is 0 Å². The molecule has 1 saturated carbocycles. The minimum atomic E-state index is 0.337. The highest BCUT2D eigenvalue weighted by atomic mass is 35.5. The van der Waals surface area contributed by atoms with Crippen LogP contribution in [0.1, 0.15) is 23.5 Å². The van der Waals surface area contributed by atoms with Crippen LogP contribution < -0.4 is 5.73 Å². The third-order valence-electron chi connectivity index (χ3n) is 2.48. The van der Waals surface area contributed by atoms with Crippen molar-refractivity contribution in [3.8, 4) is 0 Å². The Morgan fingerprint density at radius 3 is 2.67 bits per heavy atom. The highest BCUT2D eigenvalue weighted by molar-refractivity contribution is 6.31. The summed E-state index contributed by atoms with van der Waals surface area (Å²) in [6.45, 7) is 2.09. The first-order chi connectivity index (χ1) is 5.70. The van der Waals surface area contributed by atoms with Gasteiger partial charge in [0.15, 0.2) is 0 Å². The summed E-state index contributed by atoms with van der Waals surface area (Å²) >= 11 is 6.07. The Morgan fingerprint density at radius 1 is 1.50 bits per heavy atom. The van der Waals surface area contributed by atoms with Gasteiger partial charge in [0.05, 0.1) is 0 Å². The van der Waals surface area contributed by atoms with Crippen molar-refractivity contribution in [2.75, 3.05) is 0 Å². The van der Waals surface area contributed by atoms with E-state index in [1.807, 2.05) is 12.1 Å². The lowest BCUT2D eigenvalue weighted by molar-refractivity contribution is 0.980. The van der Waals surface area contributed by atoms with Crippen LogP contribution in [0.25, 0.3) is 0 Å². The standard InChI is InChI=1S/C10H12ClN/c1-6-3-2-4-8(11)10(6)7-5-9(7)12/h2-4,7,9H,5,12H2,1H3/t7-,9-/m1/s1. The lowest BCUT2D eigenvalue weighted by atomic mass is 10.0. The monoisotopic (exact) mass is 181 g/mol. The van der Waals surface area contributed by atoms with Crippen molar-refractivity contribution in [3.63, 3.8) is 0 Å². The molecule has 1 nitrogen and oxygen atoms in total. The Kier molecular flexibility index (Phi) is 1.85. The Balaban J connectivity index is 2.41. The number of nitrogens with two attached hydrogens (primary N) is 1. The molecule has 2 atom stereocenters. The van der Waals surface area contributed by atoms with Gasteiger partial charge >= 0.3 is 0 Å². The van der Waals surface area contributed by atoms with Crippen LogP contribution in [0.15, 0.2) is 18.2 Å². The Morgan fingerprint density at radius 2 is 2.17 bits per heavy atom. The fourth-order valence-electron chi connectivity index (χ4n) is 1.66. The molecule has 1 fully saturated rings. The third-order valence-corrected chi connectivity index (χ3v) is 2.81. The molecule has 64 valence electrons. The topological polar surface area (TPSA) is 26.0 Å². The predicted molar refractivity (Wildman–Crippen MR) is 51.5 cm³/mol. The molecule has 2 heteroatoms. The van der Waals surface area contributed by atoms with Crippen LogP contribution >= 0.6 is 11.6 Å². The van der Waals surface area contributed by atoms with Gasteiger partial charge in [-0.05, 0) is 30.5 Å². The second kappa shape index (κ2) is 2.75. The average molecular weight is 182 g/mol. The largest absolute Gasteiger partial charge is 0.327 e. The van der Waals surface area contributed by atoms with Crippen molar-refractivity contribution in [2.45, 2.75) is 25.3 Å². The molecule has 1 aromatic rings. The normalized spacial score (nSPS) is 27.2. The van der Waals surface area contributed by atoms with E-state index < -0.39 is 0 Å². The Hall–Kier alpha value is -0.530. The second-order valence-electron chi connectivity index (χ2n) is 3.48. The first-order valence-corrected chi connectivity index (χ1v) is 4.58.